The van der Waals surface area contributed by atoms with Crippen molar-refractivity contribution < 1.29 is 66.5 Å². The largest absolute Gasteiger partial charge is 0.387 e. The van der Waals surface area contributed by atoms with E-state index in [1.54, 1.807) is 16.8 Å². The van der Waals surface area contributed by atoms with Crippen molar-refractivity contribution in [2.45, 2.75) is 84.2 Å². The number of nitrogens with zero attached hydrogens (tertiary/aromatic N) is 2. The maximum absolute atomic E-state index is 15.3. The molecule has 5 atom stereocenters. The van der Waals surface area contributed by atoms with Gasteiger partial charge < -0.3 is 72.2 Å². The predicted molar refractivity (Wildman–Crippen MR) is 262 cm³/mol. The molecule has 0 bridgehead atoms. The Bertz CT molecular complexity index is 2330. The third-order valence-corrected chi connectivity index (χ3v) is 11.1. The molecule has 8 amide bonds. The summed E-state index contributed by atoms with van der Waals surface area (Å²) in [5, 5.41) is 25.2. The second-order valence-corrected chi connectivity index (χ2v) is 18.0. The van der Waals surface area contributed by atoms with Gasteiger partial charge in [0.25, 0.3) is 0 Å². The van der Waals surface area contributed by atoms with Gasteiger partial charge in [0.05, 0.1) is 45.4 Å². The molecule has 1 aromatic heterocycles. The van der Waals surface area contributed by atoms with Gasteiger partial charge in [-0.05, 0) is 55.5 Å². The van der Waals surface area contributed by atoms with Crippen LogP contribution in [0.15, 0.2) is 60.8 Å². The van der Waals surface area contributed by atoms with Crippen LogP contribution in [0.3, 0.4) is 0 Å². The first kappa shape index (κ1) is 60.4. The van der Waals surface area contributed by atoms with Crippen LogP contribution in [0, 0.1) is 17.0 Å². The van der Waals surface area contributed by atoms with Gasteiger partial charge in [0.2, 0.25) is 47.3 Å². The maximum atomic E-state index is 15.3. The van der Waals surface area contributed by atoms with E-state index in [-0.39, 0.29) is 70.1 Å². The highest BCUT2D eigenvalue weighted by Gasteiger charge is 2.38. The van der Waals surface area contributed by atoms with E-state index in [1.165, 1.54) is 25.9 Å². The Balaban J connectivity index is 1.92. The van der Waals surface area contributed by atoms with E-state index in [4.69, 9.17) is 25.7 Å². The minimum atomic E-state index is -1.71. The number of benzene rings is 2. The van der Waals surface area contributed by atoms with Crippen LogP contribution in [-0.2, 0) is 59.1 Å². The van der Waals surface area contributed by atoms with Crippen molar-refractivity contribution in [3.05, 3.63) is 83.7 Å². The SMILES string of the molecule is COCCOCCOCC(=O)N[C@@H](C)C(=O)N[C@@H](C)C(=O)N[C@@H](CC(N)=O)C(=O)N[C@@H](CCN(C(=O)CO)[C@@H](c1cc(-c2cc(F)ccc2F)cn1Cc1ccccc1)C(C)(C)C)C(=O)NCCNC(=O)CN. The van der Waals surface area contributed by atoms with Gasteiger partial charge in [0.15, 0.2) is 0 Å². The Labute approximate surface area is 423 Å². The normalized spacial score (nSPS) is 13.3. The topological polar surface area (TPSA) is 317 Å². The van der Waals surface area contributed by atoms with E-state index in [0.29, 0.717) is 18.9 Å². The van der Waals surface area contributed by atoms with Crippen LogP contribution in [0.5, 0.6) is 0 Å². The second-order valence-electron chi connectivity index (χ2n) is 18.0. The lowest BCUT2D eigenvalue weighted by atomic mass is 9.82. The summed E-state index contributed by atoms with van der Waals surface area (Å²) in [4.78, 5) is 106. The predicted octanol–water partition coefficient (Wildman–Crippen LogP) is -0.495. The van der Waals surface area contributed by atoms with E-state index in [2.05, 4.69) is 31.9 Å². The number of carbonyl (C=O) groups is 8. The van der Waals surface area contributed by atoms with Gasteiger partial charge in [-0.2, -0.15) is 0 Å². The third-order valence-electron chi connectivity index (χ3n) is 11.1. The summed E-state index contributed by atoms with van der Waals surface area (Å²) in [6.45, 7) is 7.10. The van der Waals surface area contributed by atoms with Gasteiger partial charge in [0.1, 0.15) is 49.0 Å². The van der Waals surface area contributed by atoms with E-state index < -0.39 is 108 Å². The Morgan fingerprint density at radius 2 is 1.40 bits per heavy atom. The number of methoxy groups -OCH3 is 1. The number of aliphatic hydroxyl groups excluding tert-OH is 1. The fraction of sp³-hybridized carbons (Fsp3) is 0.510. The van der Waals surface area contributed by atoms with Crippen molar-refractivity contribution in [3.63, 3.8) is 0 Å². The Morgan fingerprint density at radius 1 is 0.767 bits per heavy atom. The van der Waals surface area contributed by atoms with Crippen molar-refractivity contribution in [1.29, 1.82) is 0 Å². The number of ether oxygens (including phenoxy) is 3. The Kier molecular flexibility index (Phi) is 25.0. The highest BCUT2D eigenvalue weighted by atomic mass is 19.1. The Hall–Kier alpha value is -6.86. The van der Waals surface area contributed by atoms with E-state index in [9.17, 15) is 47.9 Å². The molecule has 0 saturated carbocycles. The summed E-state index contributed by atoms with van der Waals surface area (Å²) < 4.78 is 47.0. The summed E-state index contributed by atoms with van der Waals surface area (Å²) >= 11 is 0. The Morgan fingerprint density at radius 3 is 2.04 bits per heavy atom. The highest BCUT2D eigenvalue weighted by Crippen LogP contribution is 2.41. The van der Waals surface area contributed by atoms with Crippen LogP contribution < -0.4 is 43.4 Å². The molecule has 2 aromatic carbocycles. The van der Waals surface area contributed by atoms with Gasteiger partial charge >= 0.3 is 0 Å². The molecule has 3 rings (SSSR count). The zero-order chi connectivity index (χ0) is 54.3. The third kappa shape index (κ3) is 20.3. The monoisotopic (exact) mass is 1030 g/mol. The fourth-order valence-electron chi connectivity index (χ4n) is 7.48. The standard InChI is InChI=1S/C49H70F2N10O12/c1-30(56-42(65)29-73-21-20-72-19-18-71-6)45(67)57-31(2)46(68)59-38(24-40(53)63)48(70)58-37(47(69)55-16-15-54-41(64)25-52)14-17-61(43(66)28-62)44(49(3,4)5)39-22-33(35-23-34(50)12-13-36(35)51)27-60(39)26-32-10-8-7-9-11-32/h7-13,22-23,27,30-31,37-38,44,62H,14-21,24-26,28-29,52H2,1-6H3,(H2,53,63)(H,54,64)(H,55,69)(H,56,65)(H,57,67)(H,58,70)(H,59,68)/t30-,31-,37-,38-,44-/m0/s1. The number of primary amides is 1. The molecule has 0 spiro atoms. The van der Waals surface area contributed by atoms with Crippen LogP contribution in [0.1, 0.15) is 64.8 Å². The number of carbonyl (C=O) groups excluding carboxylic acids is 8. The number of halogens is 2. The zero-order valence-corrected chi connectivity index (χ0v) is 42.1. The first-order chi connectivity index (χ1) is 34.6. The number of aliphatic hydroxyl groups is 1. The molecule has 73 heavy (non-hydrogen) atoms. The lowest BCUT2D eigenvalue weighted by Crippen LogP contribution is -2.58. The lowest BCUT2D eigenvalue weighted by Gasteiger charge is -2.41. The van der Waals surface area contributed by atoms with E-state index >= 15 is 4.39 Å². The molecule has 402 valence electrons. The molecule has 11 N–H and O–H groups in total. The first-order valence-corrected chi connectivity index (χ1v) is 23.6. The summed E-state index contributed by atoms with van der Waals surface area (Å²) in [5.74, 6) is -7.98. The number of hydrogen-bond donors (Lipinski definition) is 9. The average molecular weight is 1030 g/mol. The number of rotatable bonds is 31. The molecule has 0 fully saturated rings. The summed E-state index contributed by atoms with van der Waals surface area (Å²) in [7, 11) is 1.52. The van der Waals surface area contributed by atoms with Crippen molar-refractivity contribution in [2.24, 2.45) is 16.9 Å². The van der Waals surface area contributed by atoms with Gasteiger partial charge in [-0.15, -0.1) is 0 Å². The number of nitrogens with one attached hydrogen (secondary N) is 6. The maximum Gasteiger partial charge on any atom is 0.248 e. The van der Waals surface area contributed by atoms with Gasteiger partial charge in [-0.1, -0.05) is 51.1 Å². The number of nitrogens with two attached hydrogens (primary N) is 2. The highest BCUT2D eigenvalue weighted by molar-refractivity contribution is 5.97. The molecule has 0 aliphatic heterocycles. The molecule has 1 heterocycles. The van der Waals surface area contributed by atoms with Crippen molar-refractivity contribution in [3.8, 4) is 11.1 Å². The number of amides is 8. The van der Waals surface area contributed by atoms with Gasteiger partial charge in [-0.25, -0.2) is 8.78 Å². The quantitative estimate of drug-likeness (QED) is 0.0368. The molecule has 0 aliphatic carbocycles. The van der Waals surface area contributed by atoms with Crippen LogP contribution in [0.25, 0.3) is 11.1 Å². The van der Waals surface area contributed by atoms with Crippen LogP contribution in [0.4, 0.5) is 8.78 Å². The minimum absolute atomic E-state index is 0.0473. The molecule has 0 radical (unpaired) electrons. The van der Waals surface area contributed by atoms with Crippen LogP contribution in [0.2, 0.25) is 0 Å². The summed E-state index contributed by atoms with van der Waals surface area (Å²) in [5.41, 5.74) is 11.5. The summed E-state index contributed by atoms with van der Waals surface area (Å²) in [6.07, 6.45) is 0.506. The molecule has 3 aromatic rings. The molecular weight excluding hydrogens is 959 g/mol. The number of aromatic nitrogens is 1. The van der Waals surface area contributed by atoms with Gasteiger partial charge in [0, 0.05) is 56.3 Å². The molecular formula is C49H70F2N10O12. The second kappa shape index (κ2) is 30.2. The first-order valence-electron chi connectivity index (χ1n) is 23.6. The van der Waals surface area contributed by atoms with Crippen molar-refractivity contribution in [2.75, 3.05) is 72.9 Å². The van der Waals surface area contributed by atoms with Gasteiger partial charge in [-0.3, -0.25) is 38.4 Å². The summed E-state index contributed by atoms with van der Waals surface area (Å²) in [6, 6.07) is 7.20. The fourth-order valence-corrected chi connectivity index (χ4v) is 7.48. The number of hydrogen-bond acceptors (Lipinski definition) is 13. The van der Waals surface area contributed by atoms with Crippen LogP contribution in [-0.4, -0.2) is 159 Å². The molecule has 24 heteroatoms. The molecule has 22 nitrogen and oxygen atoms in total. The van der Waals surface area contributed by atoms with E-state index in [0.717, 1.165) is 23.8 Å². The minimum Gasteiger partial charge on any atom is -0.387 e. The van der Waals surface area contributed by atoms with Crippen molar-refractivity contribution >= 4 is 47.3 Å². The smallest absolute Gasteiger partial charge is 0.248 e. The van der Waals surface area contributed by atoms with E-state index in [1.807, 2.05) is 51.1 Å². The average Bonchev–Trinajstić information content (AvgIpc) is 3.74. The van der Waals surface area contributed by atoms with Crippen LogP contribution >= 0.6 is 0 Å². The van der Waals surface area contributed by atoms with Crippen molar-refractivity contribution in [1.82, 2.24) is 41.4 Å². The molecule has 0 unspecified atom stereocenters. The molecule has 0 saturated heterocycles. The zero-order valence-electron chi connectivity index (χ0n) is 42.1. The lowest BCUT2D eigenvalue weighted by molar-refractivity contribution is -0.140. The molecule has 0 aliphatic rings.